The van der Waals surface area contributed by atoms with E-state index in [0.717, 1.165) is 11.0 Å². The predicted molar refractivity (Wildman–Crippen MR) is 109 cm³/mol. The number of fused-ring (bicyclic) bond motifs is 1. The standard InChI is InChI=1S/C21H19N5O3/c1-13(2)26-19-14(12-23-26)9-15(11-22-19)20(27)24-16-5-3-6-17(10-16)25-21(28)18-7-4-8-29-18/h3-13H,1-2H3,(H,24,27)(H,25,28). The SMILES string of the molecule is CC(C)n1ncc2cc(C(=O)Nc3cccc(NC(=O)c4ccco4)c3)cnc21. The number of nitrogens with one attached hydrogen (secondary N) is 2. The Morgan fingerprint density at radius 1 is 1.00 bits per heavy atom. The molecule has 3 heterocycles. The molecule has 0 fully saturated rings. The van der Waals surface area contributed by atoms with Crippen LogP contribution in [-0.2, 0) is 0 Å². The van der Waals surface area contributed by atoms with Crippen LogP contribution in [0.2, 0.25) is 0 Å². The van der Waals surface area contributed by atoms with Crippen molar-refractivity contribution in [3.05, 3.63) is 72.4 Å². The number of carbonyl (C=O) groups is 2. The summed E-state index contributed by atoms with van der Waals surface area (Å²) in [5, 5.41) is 10.7. The molecule has 0 aliphatic carbocycles. The Bertz CT molecular complexity index is 1180. The third-order valence-corrected chi connectivity index (χ3v) is 4.31. The Morgan fingerprint density at radius 2 is 1.76 bits per heavy atom. The number of benzene rings is 1. The number of aromatic nitrogens is 3. The summed E-state index contributed by atoms with van der Waals surface area (Å²) in [6.45, 7) is 4.04. The molecule has 0 radical (unpaired) electrons. The van der Waals surface area contributed by atoms with Crippen molar-refractivity contribution >= 4 is 34.2 Å². The molecule has 146 valence electrons. The van der Waals surface area contributed by atoms with Gasteiger partial charge in [0, 0.05) is 29.0 Å². The molecular weight excluding hydrogens is 370 g/mol. The van der Waals surface area contributed by atoms with Gasteiger partial charge in [-0.2, -0.15) is 5.10 Å². The minimum absolute atomic E-state index is 0.179. The van der Waals surface area contributed by atoms with Gasteiger partial charge in [-0.15, -0.1) is 0 Å². The number of anilines is 2. The van der Waals surface area contributed by atoms with Gasteiger partial charge in [0.25, 0.3) is 11.8 Å². The number of amides is 2. The van der Waals surface area contributed by atoms with Crippen molar-refractivity contribution in [1.82, 2.24) is 14.8 Å². The lowest BCUT2D eigenvalue weighted by Gasteiger charge is -2.09. The van der Waals surface area contributed by atoms with Crippen LogP contribution in [0.25, 0.3) is 11.0 Å². The summed E-state index contributed by atoms with van der Waals surface area (Å²) in [6.07, 6.45) is 4.66. The molecule has 0 spiro atoms. The topological polar surface area (TPSA) is 102 Å². The van der Waals surface area contributed by atoms with Crippen LogP contribution in [0.15, 0.2) is 65.5 Å². The molecule has 2 amide bonds. The Balaban J connectivity index is 1.49. The van der Waals surface area contributed by atoms with E-state index in [0.29, 0.717) is 16.9 Å². The molecule has 0 aliphatic rings. The van der Waals surface area contributed by atoms with Crippen LogP contribution >= 0.6 is 0 Å². The third-order valence-electron chi connectivity index (χ3n) is 4.31. The summed E-state index contributed by atoms with van der Waals surface area (Å²) in [7, 11) is 0. The van der Waals surface area contributed by atoms with Crippen molar-refractivity contribution in [2.75, 3.05) is 10.6 Å². The first-order valence-corrected chi connectivity index (χ1v) is 9.11. The van der Waals surface area contributed by atoms with Crippen molar-refractivity contribution in [1.29, 1.82) is 0 Å². The van der Waals surface area contributed by atoms with Gasteiger partial charge >= 0.3 is 0 Å². The van der Waals surface area contributed by atoms with Gasteiger partial charge in [0.1, 0.15) is 0 Å². The monoisotopic (exact) mass is 389 g/mol. The van der Waals surface area contributed by atoms with Crippen molar-refractivity contribution in [3.63, 3.8) is 0 Å². The highest BCUT2D eigenvalue weighted by Gasteiger charge is 2.13. The highest BCUT2D eigenvalue weighted by molar-refractivity contribution is 6.06. The number of furan rings is 1. The summed E-state index contributed by atoms with van der Waals surface area (Å²) in [5.41, 5.74) is 2.24. The third kappa shape index (κ3) is 3.86. The van der Waals surface area contributed by atoms with E-state index in [9.17, 15) is 9.59 Å². The Hall–Kier alpha value is -3.94. The molecule has 8 nitrogen and oxygen atoms in total. The molecule has 0 aliphatic heterocycles. The Labute approximate surface area is 166 Å². The van der Waals surface area contributed by atoms with Crippen LogP contribution in [0, 0.1) is 0 Å². The average Bonchev–Trinajstić information content (AvgIpc) is 3.37. The lowest BCUT2D eigenvalue weighted by molar-refractivity contribution is 0.0995. The van der Waals surface area contributed by atoms with Crippen LogP contribution in [0.4, 0.5) is 11.4 Å². The summed E-state index contributed by atoms with van der Waals surface area (Å²) in [5.74, 6) is -0.456. The van der Waals surface area contributed by atoms with Gasteiger partial charge < -0.3 is 15.1 Å². The highest BCUT2D eigenvalue weighted by Crippen LogP contribution is 2.19. The second-order valence-electron chi connectivity index (χ2n) is 6.79. The molecule has 0 bridgehead atoms. The Kier molecular flexibility index (Phi) is 4.82. The van der Waals surface area contributed by atoms with E-state index in [-0.39, 0.29) is 23.6 Å². The van der Waals surface area contributed by atoms with Gasteiger partial charge in [-0.1, -0.05) is 6.07 Å². The van der Waals surface area contributed by atoms with Gasteiger partial charge in [0.2, 0.25) is 0 Å². The van der Waals surface area contributed by atoms with Crippen LogP contribution < -0.4 is 10.6 Å². The lowest BCUT2D eigenvalue weighted by Crippen LogP contribution is -2.14. The summed E-state index contributed by atoms with van der Waals surface area (Å²) in [4.78, 5) is 29.1. The first kappa shape index (κ1) is 18.4. The van der Waals surface area contributed by atoms with E-state index < -0.39 is 0 Å². The molecule has 4 aromatic rings. The molecule has 2 N–H and O–H groups in total. The van der Waals surface area contributed by atoms with Gasteiger partial charge in [-0.3, -0.25) is 9.59 Å². The lowest BCUT2D eigenvalue weighted by atomic mass is 10.2. The van der Waals surface area contributed by atoms with E-state index in [4.69, 9.17) is 4.42 Å². The zero-order valence-corrected chi connectivity index (χ0v) is 15.9. The van der Waals surface area contributed by atoms with Crippen molar-refractivity contribution in [2.24, 2.45) is 0 Å². The Morgan fingerprint density at radius 3 is 2.45 bits per heavy atom. The zero-order valence-electron chi connectivity index (χ0n) is 15.9. The number of hydrogen-bond donors (Lipinski definition) is 2. The van der Waals surface area contributed by atoms with Gasteiger partial charge in [0.05, 0.1) is 18.0 Å². The molecule has 4 rings (SSSR count). The quantitative estimate of drug-likeness (QED) is 0.535. The van der Waals surface area contributed by atoms with Crippen LogP contribution in [0.1, 0.15) is 40.8 Å². The minimum atomic E-state index is -0.365. The largest absolute Gasteiger partial charge is 0.459 e. The second-order valence-corrected chi connectivity index (χ2v) is 6.79. The normalized spacial score (nSPS) is 11.0. The van der Waals surface area contributed by atoms with Crippen LogP contribution in [0.5, 0.6) is 0 Å². The highest BCUT2D eigenvalue weighted by atomic mass is 16.3. The maximum Gasteiger partial charge on any atom is 0.291 e. The van der Waals surface area contributed by atoms with Gasteiger partial charge in [0.15, 0.2) is 11.4 Å². The number of pyridine rings is 1. The smallest absolute Gasteiger partial charge is 0.291 e. The predicted octanol–water partition coefficient (Wildman–Crippen LogP) is 4.11. The minimum Gasteiger partial charge on any atom is -0.459 e. The molecule has 3 aromatic heterocycles. The van der Waals surface area contributed by atoms with Crippen molar-refractivity contribution < 1.29 is 14.0 Å². The summed E-state index contributed by atoms with van der Waals surface area (Å²) < 4.78 is 6.88. The van der Waals surface area contributed by atoms with Crippen molar-refractivity contribution in [3.8, 4) is 0 Å². The molecule has 0 saturated carbocycles. The van der Waals surface area contributed by atoms with Gasteiger partial charge in [-0.25, -0.2) is 9.67 Å². The molecule has 0 atom stereocenters. The number of nitrogens with zero attached hydrogens (tertiary/aromatic N) is 3. The zero-order chi connectivity index (χ0) is 20.4. The van der Waals surface area contributed by atoms with E-state index in [1.807, 2.05) is 18.5 Å². The second kappa shape index (κ2) is 7.59. The average molecular weight is 389 g/mol. The maximum atomic E-state index is 12.6. The van der Waals surface area contributed by atoms with Gasteiger partial charge in [-0.05, 0) is 50.2 Å². The number of rotatable bonds is 5. The molecule has 29 heavy (non-hydrogen) atoms. The first-order valence-electron chi connectivity index (χ1n) is 9.11. The molecule has 0 saturated heterocycles. The molecule has 8 heteroatoms. The summed E-state index contributed by atoms with van der Waals surface area (Å²) in [6, 6.07) is 12.0. The first-order chi connectivity index (χ1) is 14.0. The van der Waals surface area contributed by atoms with E-state index in [1.165, 1.54) is 12.5 Å². The molecule has 1 aromatic carbocycles. The number of hydrogen-bond acceptors (Lipinski definition) is 5. The summed E-state index contributed by atoms with van der Waals surface area (Å²) >= 11 is 0. The van der Waals surface area contributed by atoms with Crippen molar-refractivity contribution in [2.45, 2.75) is 19.9 Å². The molecule has 0 unspecified atom stereocenters. The van der Waals surface area contributed by atoms with Crippen LogP contribution in [0.3, 0.4) is 0 Å². The van der Waals surface area contributed by atoms with E-state index >= 15 is 0 Å². The number of carbonyl (C=O) groups excluding carboxylic acids is 2. The fourth-order valence-corrected chi connectivity index (χ4v) is 2.92. The van der Waals surface area contributed by atoms with E-state index in [1.54, 1.807) is 48.7 Å². The maximum absolute atomic E-state index is 12.6. The fourth-order valence-electron chi connectivity index (χ4n) is 2.92. The van der Waals surface area contributed by atoms with Crippen LogP contribution in [-0.4, -0.2) is 26.6 Å². The van der Waals surface area contributed by atoms with E-state index in [2.05, 4.69) is 20.7 Å². The fraction of sp³-hybridized carbons (Fsp3) is 0.143. The molecular formula is C21H19N5O3.